The third-order valence-corrected chi connectivity index (χ3v) is 7.01. The molecule has 3 aromatic carbocycles. The van der Waals surface area contributed by atoms with Crippen molar-refractivity contribution in [3.8, 4) is 11.5 Å². The Balaban J connectivity index is 1.52. The first kappa shape index (κ1) is 25.5. The number of nitrogens with one attached hydrogen (secondary N) is 3. The summed E-state index contributed by atoms with van der Waals surface area (Å²) in [6.07, 6.45) is 0. The second-order valence-electron chi connectivity index (χ2n) is 7.06. The molecule has 0 bridgehead atoms. The van der Waals surface area contributed by atoms with Crippen molar-refractivity contribution < 1.29 is 22.7 Å². The van der Waals surface area contributed by atoms with Gasteiger partial charge in [-0.2, -0.15) is 0 Å². The van der Waals surface area contributed by atoms with Crippen LogP contribution in [0.1, 0.15) is 5.56 Å². The van der Waals surface area contributed by atoms with Crippen LogP contribution in [0.2, 0.25) is 0 Å². The molecular formula is C23H22BrN3O5S2. The molecule has 178 valence electrons. The molecular weight excluding hydrogens is 542 g/mol. The van der Waals surface area contributed by atoms with Gasteiger partial charge in [-0.1, -0.05) is 15.9 Å². The van der Waals surface area contributed by atoms with Crippen LogP contribution in [0.25, 0.3) is 0 Å². The Morgan fingerprint density at radius 1 is 0.971 bits per heavy atom. The van der Waals surface area contributed by atoms with E-state index in [9.17, 15) is 13.2 Å². The van der Waals surface area contributed by atoms with E-state index in [0.29, 0.717) is 22.9 Å². The second-order valence-corrected chi connectivity index (χ2v) is 10.0. The molecule has 3 N–H and O–H groups in total. The molecule has 34 heavy (non-hydrogen) atoms. The highest BCUT2D eigenvalue weighted by atomic mass is 79.9. The third-order valence-electron chi connectivity index (χ3n) is 4.52. The summed E-state index contributed by atoms with van der Waals surface area (Å²) in [5.74, 6) is 0.757. The van der Waals surface area contributed by atoms with Gasteiger partial charge in [0.2, 0.25) is 0 Å². The van der Waals surface area contributed by atoms with Crippen LogP contribution in [0.4, 0.5) is 11.4 Å². The van der Waals surface area contributed by atoms with Crippen molar-refractivity contribution >= 4 is 60.6 Å². The molecule has 0 aliphatic carbocycles. The second kappa shape index (κ2) is 11.3. The summed E-state index contributed by atoms with van der Waals surface area (Å²) in [6.45, 7) is 1.71. The lowest BCUT2D eigenvalue weighted by Gasteiger charge is -2.12. The molecule has 1 amide bonds. The van der Waals surface area contributed by atoms with Gasteiger partial charge < -0.3 is 14.8 Å². The van der Waals surface area contributed by atoms with Gasteiger partial charge >= 0.3 is 0 Å². The van der Waals surface area contributed by atoms with Crippen LogP contribution in [-0.4, -0.2) is 33.2 Å². The Hall–Kier alpha value is -3.15. The zero-order valence-electron chi connectivity index (χ0n) is 18.3. The molecule has 0 heterocycles. The molecule has 3 rings (SSSR count). The number of amides is 1. The molecule has 0 aliphatic heterocycles. The van der Waals surface area contributed by atoms with Crippen LogP contribution in [0.3, 0.4) is 0 Å². The van der Waals surface area contributed by atoms with Crippen LogP contribution in [-0.2, 0) is 14.8 Å². The molecule has 0 unspecified atom stereocenters. The average molecular weight is 564 g/mol. The Morgan fingerprint density at radius 2 is 1.59 bits per heavy atom. The molecule has 11 heteroatoms. The summed E-state index contributed by atoms with van der Waals surface area (Å²) in [5, 5.41) is 5.42. The van der Waals surface area contributed by atoms with Crippen molar-refractivity contribution in [2.75, 3.05) is 23.8 Å². The fourth-order valence-electron chi connectivity index (χ4n) is 2.77. The number of carbonyl (C=O) groups is 1. The fourth-order valence-corrected chi connectivity index (χ4v) is 4.31. The lowest BCUT2D eigenvalue weighted by Crippen LogP contribution is -2.37. The van der Waals surface area contributed by atoms with Crippen molar-refractivity contribution in [2.24, 2.45) is 0 Å². The van der Waals surface area contributed by atoms with Crippen LogP contribution in [0, 0.1) is 6.92 Å². The van der Waals surface area contributed by atoms with Gasteiger partial charge in [0.1, 0.15) is 11.5 Å². The van der Waals surface area contributed by atoms with E-state index < -0.39 is 15.9 Å². The summed E-state index contributed by atoms with van der Waals surface area (Å²) in [5.41, 5.74) is 1.91. The number of aryl methyl sites for hydroxylation is 1. The van der Waals surface area contributed by atoms with Crippen molar-refractivity contribution in [1.82, 2.24) is 5.32 Å². The van der Waals surface area contributed by atoms with Crippen molar-refractivity contribution in [3.05, 3.63) is 76.8 Å². The number of ether oxygens (including phenoxy) is 2. The highest BCUT2D eigenvalue weighted by Gasteiger charge is 2.14. The van der Waals surface area contributed by atoms with Crippen LogP contribution in [0.15, 0.2) is 76.1 Å². The lowest BCUT2D eigenvalue weighted by molar-refractivity contribution is -0.121. The molecule has 0 fully saturated rings. The number of hydrogen-bond acceptors (Lipinski definition) is 6. The maximum absolute atomic E-state index is 12.6. The lowest BCUT2D eigenvalue weighted by atomic mass is 10.2. The molecule has 0 aromatic heterocycles. The third kappa shape index (κ3) is 7.17. The summed E-state index contributed by atoms with van der Waals surface area (Å²) >= 11 is 8.56. The van der Waals surface area contributed by atoms with Crippen LogP contribution in [0.5, 0.6) is 11.5 Å². The SMILES string of the molecule is COc1ccc(NS(=O)(=O)c2ccc(NC(=S)NC(=O)COc3ccc(Br)c(C)c3)cc2)cc1. The molecule has 0 aliphatic rings. The molecule has 0 saturated carbocycles. The predicted octanol–water partition coefficient (Wildman–Crippen LogP) is 4.46. The Morgan fingerprint density at radius 3 is 2.21 bits per heavy atom. The smallest absolute Gasteiger partial charge is 0.264 e. The van der Waals surface area contributed by atoms with E-state index in [1.54, 1.807) is 42.5 Å². The molecule has 0 saturated heterocycles. The van der Waals surface area contributed by atoms with E-state index in [0.717, 1.165) is 10.0 Å². The molecule has 0 atom stereocenters. The van der Waals surface area contributed by atoms with E-state index in [4.69, 9.17) is 21.7 Å². The zero-order chi connectivity index (χ0) is 24.7. The Bertz CT molecular complexity index is 1280. The van der Waals surface area contributed by atoms with Gasteiger partial charge in [0, 0.05) is 15.8 Å². The number of rotatable bonds is 8. The highest BCUT2D eigenvalue weighted by Crippen LogP contribution is 2.22. The number of benzene rings is 3. The minimum absolute atomic E-state index is 0.0625. The largest absolute Gasteiger partial charge is 0.497 e. The monoisotopic (exact) mass is 563 g/mol. The number of sulfonamides is 1. The zero-order valence-corrected chi connectivity index (χ0v) is 21.5. The summed E-state index contributed by atoms with van der Waals surface area (Å²) in [4.78, 5) is 12.2. The Kier molecular flexibility index (Phi) is 8.48. The minimum atomic E-state index is -3.78. The average Bonchev–Trinajstić information content (AvgIpc) is 2.80. The fraction of sp³-hybridized carbons (Fsp3) is 0.130. The van der Waals surface area contributed by atoms with E-state index in [1.807, 2.05) is 19.1 Å². The number of methoxy groups -OCH3 is 1. The van der Waals surface area contributed by atoms with Gasteiger partial charge in [-0.25, -0.2) is 8.42 Å². The first-order chi connectivity index (χ1) is 16.2. The minimum Gasteiger partial charge on any atom is -0.497 e. The van der Waals surface area contributed by atoms with Crippen molar-refractivity contribution in [2.45, 2.75) is 11.8 Å². The first-order valence-electron chi connectivity index (χ1n) is 9.93. The van der Waals surface area contributed by atoms with Crippen molar-refractivity contribution in [3.63, 3.8) is 0 Å². The normalized spacial score (nSPS) is 10.8. The van der Waals surface area contributed by atoms with Crippen LogP contribution < -0.4 is 24.8 Å². The summed E-state index contributed by atoms with van der Waals surface area (Å²) < 4.78 is 39.2. The topological polar surface area (TPSA) is 106 Å². The number of thiocarbonyl (C=S) groups is 1. The maximum atomic E-state index is 12.6. The first-order valence-corrected chi connectivity index (χ1v) is 12.6. The standard InChI is InChI=1S/C23H22BrN3O5S2/c1-15-13-19(9-12-21(15)24)32-14-22(28)26-23(33)25-16-5-10-20(11-6-16)34(29,30)27-17-3-7-18(31-2)8-4-17/h3-13,27H,14H2,1-2H3,(H2,25,26,28,33). The molecule has 3 aromatic rings. The van der Waals surface area contributed by atoms with E-state index >= 15 is 0 Å². The van der Waals surface area contributed by atoms with Crippen LogP contribution >= 0.6 is 28.1 Å². The van der Waals surface area contributed by atoms with Gasteiger partial charge in [-0.3, -0.25) is 14.8 Å². The van der Waals surface area contributed by atoms with Gasteiger partial charge in [-0.15, -0.1) is 0 Å². The molecule has 0 spiro atoms. The van der Waals surface area contributed by atoms with Gasteiger partial charge in [0.25, 0.3) is 15.9 Å². The van der Waals surface area contributed by atoms with E-state index in [2.05, 4.69) is 31.3 Å². The molecule has 8 nitrogen and oxygen atoms in total. The van der Waals surface area contributed by atoms with E-state index in [1.165, 1.54) is 19.2 Å². The predicted molar refractivity (Wildman–Crippen MR) is 139 cm³/mol. The van der Waals surface area contributed by atoms with E-state index in [-0.39, 0.29) is 16.6 Å². The maximum Gasteiger partial charge on any atom is 0.264 e. The summed E-state index contributed by atoms with van der Waals surface area (Å²) in [7, 11) is -2.25. The quantitative estimate of drug-likeness (QED) is 0.347. The highest BCUT2D eigenvalue weighted by molar-refractivity contribution is 9.10. The number of anilines is 2. The number of hydrogen-bond donors (Lipinski definition) is 3. The van der Waals surface area contributed by atoms with Gasteiger partial charge in [-0.05, 0) is 91.4 Å². The van der Waals surface area contributed by atoms with Gasteiger partial charge in [0.15, 0.2) is 11.7 Å². The summed E-state index contributed by atoms with van der Waals surface area (Å²) in [6, 6.07) is 17.9. The van der Waals surface area contributed by atoms with Crippen molar-refractivity contribution in [1.29, 1.82) is 0 Å². The number of carbonyl (C=O) groups excluding carboxylic acids is 1. The Labute approximate surface area is 211 Å². The molecule has 0 radical (unpaired) electrons. The number of halogens is 1. The van der Waals surface area contributed by atoms with Gasteiger partial charge in [0.05, 0.1) is 12.0 Å².